The van der Waals surface area contributed by atoms with E-state index in [1.165, 1.54) is 5.39 Å². The number of nitrogens with zero attached hydrogens (tertiary/aromatic N) is 3. The lowest BCUT2D eigenvalue weighted by molar-refractivity contribution is 0.483. The largest absolute Gasteiger partial charge is 0.536 e. The van der Waals surface area contributed by atoms with Gasteiger partial charge in [-0.2, -0.15) is 0 Å². The van der Waals surface area contributed by atoms with Gasteiger partial charge in [-0.25, -0.2) is 4.98 Å². The third-order valence-corrected chi connectivity index (χ3v) is 7.22. The molecule has 2 aromatic heterocycles. The molecule has 0 bridgehead atoms. The van der Waals surface area contributed by atoms with Crippen LogP contribution >= 0.6 is 0 Å². The summed E-state index contributed by atoms with van der Waals surface area (Å²) in [5.41, 5.74) is 4.19. The normalized spacial score (nSPS) is 13.1. The standard InChI is InChI=1S/C33H28BN3O2/c1-33(2,3)37-29-15-6-7-16-31(29)39-34(37)23-11-10-12-24(21-23)38-25-18-19-27-26-13-4-5-14-28(26)36(30(27)22-25)32-17-8-9-20-35-32/h4-22H,1-3H3. The summed E-state index contributed by atoms with van der Waals surface area (Å²) in [7, 11) is -0.236. The van der Waals surface area contributed by atoms with Crippen LogP contribution in [-0.2, 0) is 0 Å². The molecule has 0 N–H and O–H groups in total. The summed E-state index contributed by atoms with van der Waals surface area (Å²) < 4.78 is 15.1. The summed E-state index contributed by atoms with van der Waals surface area (Å²) in [4.78, 5) is 6.97. The summed E-state index contributed by atoms with van der Waals surface area (Å²) in [5.74, 6) is 3.31. The average Bonchev–Trinajstić information content (AvgIpc) is 3.50. The predicted molar refractivity (Wildman–Crippen MR) is 160 cm³/mol. The van der Waals surface area contributed by atoms with E-state index < -0.39 is 0 Å². The Balaban J connectivity index is 1.27. The Labute approximate surface area is 228 Å². The van der Waals surface area contributed by atoms with E-state index in [2.05, 4.69) is 95.8 Å². The fourth-order valence-electron chi connectivity index (χ4n) is 5.60. The first kappa shape index (κ1) is 23.4. The maximum Gasteiger partial charge on any atom is 0.520 e. The fourth-order valence-corrected chi connectivity index (χ4v) is 5.60. The van der Waals surface area contributed by atoms with Crippen LogP contribution in [0, 0.1) is 0 Å². The Hall–Kier alpha value is -4.71. The second kappa shape index (κ2) is 8.95. The Morgan fingerprint density at radius 1 is 0.718 bits per heavy atom. The SMILES string of the molecule is CC(C)(C)N1B(c2cccc(Oc3ccc4c5ccccc5n(-c5ccccn5)c4c3)c2)Oc2ccccc21. The van der Waals surface area contributed by atoms with E-state index in [9.17, 15) is 0 Å². The quantitative estimate of drug-likeness (QED) is 0.233. The van der Waals surface area contributed by atoms with Gasteiger partial charge in [0, 0.05) is 28.6 Å². The highest BCUT2D eigenvalue weighted by Crippen LogP contribution is 2.40. The fraction of sp³-hybridized carbons (Fsp3) is 0.121. The van der Waals surface area contributed by atoms with Crippen LogP contribution in [0.25, 0.3) is 27.6 Å². The van der Waals surface area contributed by atoms with Gasteiger partial charge in [0.05, 0.1) is 16.7 Å². The molecule has 1 aliphatic rings. The Morgan fingerprint density at radius 2 is 1.49 bits per heavy atom. The molecule has 1 aliphatic heterocycles. The van der Waals surface area contributed by atoms with E-state index in [0.29, 0.717) is 0 Å². The molecule has 0 spiro atoms. The number of hydrogen-bond acceptors (Lipinski definition) is 4. The first-order valence-corrected chi connectivity index (χ1v) is 13.2. The average molecular weight is 509 g/mol. The van der Waals surface area contributed by atoms with E-state index in [-0.39, 0.29) is 12.6 Å². The molecule has 3 heterocycles. The minimum atomic E-state index is -0.236. The molecule has 0 amide bonds. The van der Waals surface area contributed by atoms with Crippen molar-refractivity contribution in [2.75, 3.05) is 4.81 Å². The number of rotatable bonds is 4. The summed E-state index contributed by atoms with van der Waals surface area (Å²) in [5, 5.41) is 2.35. The number of aromatic nitrogens is 2. The van der Waals surface area contributed by atoms with Crippen molar-refractivity contribution < 1.29 is 9.39 Å². The van der Waals surface area contributed by atoms with Crippen molar-refractivity contribution in [3.63, 3.8) is 0 Å². The summed E-state index contributed by atoms with van der Waals surface area (Å²) in [6.45, 7) is 6.63. The zero-order chi connectivity index (χ0) is 26.6. The third-order valence-electron chi connectivity index (χ3n) is 7.22. The number of fused-ring (bicyclic) bond motifs is 4. The van der Waals surface area contributed by atoms with Gasteiger partial charge in [-0.15, -0.1) is 0 Å². The Morgan fingerprint density at radius 3 is 2.33 bits per heavy atom. The van der Waals surface area contributed by atoms with Crippen LogP contribution in [0.2, 0.25) is 0 Å². The number of anilines is 1. The molecule has 0 saturated heterocycles. The molecule has 6 aromatic rings. The second-order valence-corrected chi connectivity index (χ2v) is 10.9. The van der Waals surface area contributed by atoms with Gasteiger partial charge in [-0.3, -0.25) is 4.57 Å². The number of hydrogen-bond donors (Lipinski definition) is 0. The molecule has 4 aromatic carbocycles. The predicted octanol–water partition coefficient (Wildman–Crippen LogP) is 7.36. The smallest absolute Gasteiger partial charge is 0.520 e. The minimum absolute atomic E-state index is 0.127. The highest BCUT2D eigenvalue weighted by molar-refractivity contribution is 6.73. The topological polar surface area (TPSA) is 39.5 Å². The maximum absolute atomic E-state index is 6.46. The Kier molecular flexibility index (Phi) is 5.37. The lowest BCUT2D eigenvalue weighted by Crippen LogP contribution is -2.57. The second-order valence-electron chi connectivity index (χ2n) is 10.9. The first-order valence-electron chi connectivity index (χ1n) is 13.2. The highest BCUT2D eigenvalue weighted by Gasteiger charge is 2.43. The molecule has 39 heavy (non-hydrogen) atoms. The molecule has 0 fully saturated rings. The molecular weight excluding hydrogens is 481 g/mol. The molecule has 7 rings (SSSR count). The summed E-state index contributed by atoms with van der Waals surface area (Å²) in [6, 6.07) is 37.1. The number of benzene rings is 4. The van der Waals surface area contributed by atoms with Crippen LogP contribution < -0.4 is 19.7 Å². The molecule has 0 atom stereocenters. The summed E-state index contributed by atoms with van der Waals surface area (Å²) >= 11 is 0. The van der Waals surface area contributed by atoms with Gasteiger partial charge in [0.1, 0.15) is 23.1 Å². The third kappa shape index (κ3) is 4.00. The van der Waals surface area contributed by atoms with Gasteiger partial charge in [0.2, 0.25) is 0 Å². The van der Waals surface area contributed by atoms with Crippen LogP contribution in [-0.4, -0.2) is 22.1 Å². The number of pyridine rings is 1. The van der Waals surface area contributed by atoms with Gasteiger partial charge in [-0.05, 0) is 80.8 Å². The van der Waals surface area contributed by atoms with Crippen molar-refractivity contribution >= 4 is 40.0 Å². The number of para-hydroxylation sites is 3. The molecule has 0 saturated carbocycles. The van der Waals surface area contributed by atoms with Crippen molar-refractivity contribution in [3.05, 3.63) is 115 Å². The number of ether oxygens (including phenoxy) is 1. The monoisotopic (exact) mass is 509 g/mol. The lowest BCUT2D eigenvalue weighted by Gasteiger charge is -2.36. The minimum Gasteiger partial charge on any atom is -0.536 e. The van der Waals surface area contributed by atoms with Crippen LogP contribution in [0.4, 0.5) is 5.69 Å². The summed E-state index contributed by atoms with van der Waals surface area (Å²) in [6.07, 6.45) is 1.83. The van der Waals surface area contributed by atoms with Crippen molar-refractivity contribution in [2.45, 2.75) is 26.3 Å². The van der Waals surface area contributed by atoms with Gasteiger partial charge in [0.15, 0.2) is 0 Å². The zero-order valence-corrected chi connectivity index (χ0v) is 22.2. The molecule has 0 radical (unpaired) electrons. The van der Waals surface area contributed by atoms with Crippen molar-refractivity contribution in [2.24, 2.45) is 0 Å². The molecule has 0 unspecified atom stereocenters. The van der Waals surface area contributed by atoms with Crippen LogP contribution in [0.15, 0.2) is 115 Å². The van der Waals surface area contributed by atoms with Crippen molar-refractivity contribution in [3.8, 4) is 23.1 Å². The molecule has 5 nitrogen and oxygen atoms in total. The van der Waals surface area contributed by atoms with Gasteiger partial charge >= 0.3 is 7.05 Å². The van der Waals surface area contributed by atoms with E-state index in [4.69, 9.17) is 9.39 Å². The van der Waals surface area contributed by atoms with Crippen LogP contribution in [0.1, 0.15) is 20.8 Å². The van der Waals surface area contributed by atoms with Crippen molar-refractivity contribution in [1.82, 2.24) is 9.55 Å². The maximum atomic E-state index is 6.46. The zero-order valence-electron chi connectivity index (χ0n) is 22.2. The molecule has 6 heteroatoms. The lowest BCUT2D eigenvalue weighted by atomic mass is 9.69. The van der Waals surface area contributed by atoms with Gasteiger partial charge < -0.3 is 14.2 Å². The Bertz CT molecular complexity index is 1820. The van der Waals surface area contributed by atoms with Gasteiger partial charge in [-0.1, -0.05) is 48.5 Å². The van der Waals surface area contributed by atoms with Gasteiger partial charge in [0.25, 0.3) is 0 Å². The molecule has 190 valence electrons. The van der Waals surface area contributed by atoms with Crippen molar-refractivity contribution in [1.29, 1.82) is 0 Å². The van der Waals surface area contributed by atoms with Crippen LogP contribution in [0.5, 0.6) is 17.2 Å². The molecule has 0 aliphatic carbocycles. The highest BCUT2D eigenvalue weighted by atomic mass is 16.5. The van der Waals surface area contributed by atoms with Crippen LogP contribution in [0.3, 0.4) is 0 Å². The van der Waals surface area contributed by atoms with E-state index in [1.54, 1.807) is 0 Å². The van der Waals surface area contributed by atoms with E-state index in [1.807, 2.05) is 54.7 Å². The van der Waals surface area contributed by atoms with E-state index >= 15 is 0 Å². The molecular formula is C33H28BN3O2. The van der Waals surface area contributed by atoms with E-state index in [0.717, 1.165) is 50.6 Å². The first-order chi connectivity index (χ1) is 19.0.